The van der Waals surface area contributed by atoms with Gasteiger partial charge in [-0.2, -0.15) is 0 Å². The zero-order chi connectivity index (χ0) is 28.5. The van der Waals surface area contributed by atoms with Crippen LogP contribution in [0.2, 0.25) is 0 Å². The highest BCUT2D eigenvalue weighted by molar-refractivity contribution is 8.10. The van der Waals surface area contributed by atoms with Gasteiger partial charge in [0, 0.05) is 18.0 Å². The highest BCUT2D eigenvalue weighted by Gasteiger charge is 2.30. The number of halogens is 1. The Hall–Kier alpha value is -3.00. The lowest BCUT2D eigenvalue weighted by Gasteiger charge is -2.27. The van der Waals surface area contributed by atoms with E-state index < -0.39 is 6.04 Å². The van der Waals surface area contributed by atoms with Crippen molar-refractivity contribution in [2.45, 2.75) is 52.3 Å². The lowest BCUT2D eigenvalue weighted by Crippen LogP contribution is -2.85. The predicted octanol–water partition coefficient (Wildman–Crippen LogP) is 7.03. The van der Waals surface area contributed by atoms with Crippen molar-refractivity contribution in [2.24, 2.45) is 5.92 Å². The van der Waals surface area contributed by atoms with Crippen LogP contribution in [0.3, 0.4) is 0 Å². The summed E-state index contributed by atoms with van der Waals surface area (Å²) in [5.41, 5.74) is 2.59. The quantitative estimate of drug-likeness (QED) is 0.151. The van der Waals surface area contributed by atoms with E-state index in [2.05, 4.69) is 47.6 Å². The van der Waals surface area contributed by atoms with Crippen LogP contribution >= 0.6 is 23.4 Å². The van der Waals surface area contributed by atoms with Gasteiger partial charge < -0.3 is 19.8 Å². The van der Waals surface area contributed by atoms with E-state index in [1.807, 2.05) is 73.7 Å². The van der Waals surface area contributed by atoms with E-state index in [4.69, 9.17) is 9.15 Å². The van der Waals surface area contributed by atoms with Gasteiger partial charge in [0.2, 0.25) is 5.89 Å². The monoisotopic (exact) mass is 570 g/mol. The molecule has 3 N–H and O–H groups in total. The van der Waals surface area contributed by atoms with Crippen LogP contribution in [-0.4, -0.2) is 30.0 Å². The maximum absolute atomic E-state index is 13.6. The normalized spacial score (nSPS) is 12.7. The molecule has 0 aliphatic rings. The van der Waals surface area contributed by atoms with Gasteiger partial charge in [-0.3, -0.25) is 0 Å². The van der Waals surface area contributed by atoms with Crippen molar-refractivity contribution >= 4 is 39.9 Å². The standard InChI is InChI=1S/C30H37N3O3S.CH3Cl/c1-5-22(6-2)26(20-31-19-25-21-35-29(33-25)27(7-3)37-8-4)36-30(34)28(23-15-11-9-12-16-23)32-24-17-13-10-14-18-24;1-2/h7-18,21-22,26,28,31-32H,4-6,19-20H2,1-3H3;1H3/p+1/b27-7-;/t26-,28+;/m0./s1. The minimum atomic E-state index is -0.597. The Kier molecular flexibility index (Phi) is 15.1. The summed E-state index contributed by atoms with van der Waals surface area (Å²) in [6.07, 6.45) is 6.76. The second-order valence-corrected chi connectivity index (χ2v) is 9.72. The molecule has 0 saturated heterocycles. The van der Waals surface area contributed by atoms with Crippen LogP contribution in [0.4, 0.5) is 5.69 Å². The van der Waals surface area contributed by atoms with E-state index >= 15 is 0 Å². The summed E-state index contributed by atoms with van der Waals surface area (Å²) in [6, 6.07) is 18.9. The Bertz CT molecular complexity index is 1130. The molecule has 0 bridgehead atoms. The van der Waals surface area contributed by atoms with E-state index in [1.165, 1.54) is 18.1 Å². The van der Waals surface area contributed by atoms with Crippen molar-refractivity contribution in [1.29, 1.82) is 0 Å². The van der Waals surface area contributed by atoms with E-state index in [-0.39, 0.29) is 18.0 Å². The van der Waals surface area contributed by atoms with E-state index in [9.17, 15) is 4.79 Å². The molecular weight excluding hydrogens is 530 g/mol. The summed E-state index contributed by atoms with van der Waals surface area (Å²) < 4.78 is 11.9. The Morgan fingerprint density at radius 3 is 2.36 bits per heavy atom. The van der Waals surface area contributed by atoms with Gasteiger partial charge in [-0.05, 0) is 42.9 Å². The number of allylic oxidation sites excluding steroid dienone is 1. The number of thioether (sulfide) groups is 1. The minimum Gasteiger partial charge on any atom is -0.454 e. The molecule has 0 spiro atoms. The van der Waals surface area contributed by atoms with Gasteiger partial charge in [-0.15, -0.1) is 11.6 Å². The highest BCUT2D eigenvalue weighted by Crippen LogP contribution is 2.27. The van der Waals surface area contributed by atoms with E-state index in [0.717, 1.165) is 34.7 Å². The number of nitrogens with two attached hydrogens (primary N) is 1. The van der Waals surface area contributed by atoms with Gasteiger partial charge in [-0.25, -0.2) is 9.78 Å². The molecule has 2 atom stereocenters. The van der Waals surface area contributed by atoms with Crippen molar-refractivity contribution in [2.75, 3.05) is 18.2 Å². The number of quaternary nitrogens is 1. The number of alkyl halides is 1. The zero-order valence-corrected chi connectivity index (χ0v) is 24.9. The van der Waals surface area contributed by atoms with Crippen molar-refractivity contribution in [3.8, 4) is 0 Å². The van der Waals surface area contributed by atoms with Crippen molar-refractivity contribution in [3.05, 3.63) is 102 Å². The number of carbonyl (C=O) groups excluding carboxylic acids is 1. The molecule has 0 saturated carbocycles. The van der Waals surface area contributed by atoms with Crippen LogP contribution in [0.25, 0.3) is 4.91 Å². The molecule has 0 unspecified atom stereocenters. The Balaban J connectivity index is 0.00000260. The molecule has 1 heterocycles. The van der Waals surface area contributed by atoms with Crippen LogP contribution in [0, 0.1) is 5.92 Å². The first-order valence-corrected chi connectivity index (χ1v) is 14.9. The van der Waals surface area contributed by atoms with Gasteiger partial charge in [0.1, 0.15) is 25.0 Å². The van der Waals surface area contributed by atoms with Crippen LogP contribution in [0.5, 0.6) is 0 Å². The van der Waals surface area contributed by atoms with Gasteiger partial charge >= 0.3 is 5.97 Å². The molecule has 6 nitrogen and oxygen atoms in total. The Morgan fingerprint density at radius 1 is 1.13 bits per heavy atom. The number of rotatable bonds is 15. The summed E-state index contributed by atoms with van der Waals surface area (Å²) in [6.45, 7) is 11.3. The molecule has 39 heavy (non-hydrogen) atoms. The number of anilines is 1. The number of benzene rings is 2. The fourth-order valence-corrected chi connectivity index (χ4v) is 4.74. The molecule has 0 amide bonds. The third kappa shape index (κ3) is 10.2. The molecule has 8 heteroatoms. The summed E-state index contributed by atoms with van der Waals surface area (Å²) in [5, 5.41) is 7.26. The summed E-state index contributed by atoms with van der Waals surface area (Å²) >= 11 is 6.12. The number of para-hydroxylation sites is 1. The number of nitrogens with zero attached hydrogens (tertiary/aromatic N) is 1. The van der Waals surface area contributed by atoms with Gasteiger partial charge in [0.25, 0.3) is 0 Å². The third-order valence-electron chi connectivity index (χ3n) is 6.28. The average Bonchev–Trinajstić information content (AvgIpc) is 3.45. The highest BCUT2D eigenvalue weighted by atomic mass is 35.5. The van der Waals surface area contributed by atoms with Crippen LogP contribution in [0.15, 0.2) is 89.4 Å². The maximum Gasteiger partial charge on any atom is 0.333 e. The van der Waals surface area contributed by atoms with Crippen LogP contribution < -0.4 is 10.6 Å². The molecular formula is C31H41ClN3O3S+. The number of esters is 1. The molecule has 0 radical (unpaired) electrons. The summed E-state index contributed by atoms with van der Waals surface area (Å²) in [4.78, 5) is 19.1. The minimum absolute atomic E-state index is 0.222. The third-order valence-corrected chi connectivity index (χ3v) is 7.11. The fourth-order valence-electron chi connectivity index (χ4n) is 4.23. The Morgan fingerprint density at radius 2 is 1.77 bits per heavy atom. The molecule has 0 aliphatic heterocycles. The lowest BCUT2D eigenvalue weighted by atomic mass is 9.96. The molecule has 3 rings (SSSR count). The first-order valence-electron chi connectivity index (χ1n) is 13.2. The van der Waals surface area contributed by atoms with Gasteiger partial charge in [0.05, 0.1) is 4.91 Å². The summed E-state index contributed by atoms with van der Waals surface area (Å²) in [7, 11) is 0. The topological polar surface area (TPSA) is 81.0 Å². The second kappa shape index (κ2) is 18.3. The number of aromatic nitrogens is 1. The fraction of sp³-hybridized carbons (Fsp3) is 0.355. The van der Waals surface area contributed by atoms with Crippen molar-refractivity contribution in [1.82, 2.24) is 4.98 Å². The van der Waals surface area contributed by atoms with E-state index in [0.29, 0.717) is 19.0 Å². The zero-order valence-electron chi connectivity index (χ0n) is 23.3. The molecule has 2 aromatic carbocycles. The predicted molar refractivity (Wildman–Crippen MR) is 163 cm³/mol. The molecule has 0 fully saturated rings. The first-order chi connectivity index (χ1) is 19.1. The molecule has 210 valence electrons. The summed E-state index contributed by atoms with van der Waals surface area (Å²) in [5.74, 6) is 0.583. The number of nitrogens with one attached hydrogen (secondary N) is 1. The lowest BCUT2D eigenvalue weighted by molar-refractivity contribution is -0.677. The smallest absolute Gasteiger partial charge is 0.333 e. The number of carbonyl (C=O) groups is 1. The average molecular weight is 571 g/mol. The van der Waals surface area contributed by atoms with Gasteiger partial charge in [0.15, 0.2) is 12.1 Å². The number of ether oxygens (including phenoxy) is 1. The largest absolute Gasteiger partial charge is 0.454 e. The SMILES string of the molecule is C=CS/C(=C\C)c1nc(C[NH2+]C[C@H](OC(=O)[C@H](Nc2ccccc2)c2ccccc2)C(CC)CC)co1.CCl. The number of oxazole rings is 1. The first kappa shape index (κ1) is 32.2. The van der Waals surface area contributed by atoms with Crippen molar-refractivity contribution < 1.29 is 19.3 Å². The molecule has 1 aromatic heterocycles. The molecule has 3 aromatic rings. The number of hydrogen-bond acceptors (Lipinski definition) is 6. The maximum atomic E-state index is 13.6. The van der Waals surface area contributed by atoms with Crippen LogP contribution in [-0.2, 0) is 16.1 Å². The molecule has 0 aliphatic carbocycles. The van der Waals surface area contributed by atoms with Gasteiger partial charge in [-0.1, -0.05) is 86.8 Å². The Labute approximate surface area is 242 Å². The van der Waals surface area contributed by atoms with Crippen LogP contribution in [0.1, 0.15) is 56.8 Å². The second-order valence-electron chi connectivity index (χ2n) is 8.72. The van der Waals surface area contributed by atoms with Crippen molar-refractivity contribution in [3.63, 3.8) is 0 Å². The number of hydrogen-bond donors (Lipinski definition) is 2. The van der Waals surface area contributed by atoms with E-state index in [1.54, 1.807) is 11.7 Å².